The number of aryl methyl sites for hydroxylation is 2. The number of nitrogens with one attached hydrogen (secondary N) is 2. The highest BCUT2D eigenvalue weighted by Gasteiger charge is 2.29. The Labute approximate surface area is 258 Å². The van der Waals surface area contributed by atoms with E-state index in [1.54, 1.807) is 32.9 Å². The zero-order chi connectivity index (χ0) is 31.1. The van der Waals surface area contributed by atoms with Gasteiger partial charge in [0.05, 0.1) is 28.9 Å². The van der Waals surface area contributed by atoms with Crippen molar-refractivity contribution >= 4 is 51.6 Å². The van der Waals surface area contributed by atoms with E-state index in [2.05, 4.69) is 27.8 Å². The molecule has 1 aliphatic carbocycles. The van der Waals surface area contributed by atoms with Crippen LogP contribution in [0.2, 0.25) is 0 Å². The summed E-state index contributed by atoms with van der Waals surface area (Å²) in [6.45, 7) is 8.10. The van der Waals surface area contributed by atoms with Gasteiger partial charge in [0.1, 0.15) is 5.00 Å². The third-order valence-corrected chi connectivity index (χ3v) is 9.43. The number of amides is 2. The van der Waals surface area contributed by atoms with Crippen molar-refractivity contribution in [3.8, 4) is 0 Å². The van der Waals surface area contributed by atoms with Gasteiger partial charge in [-0.15, -0.1) is 21.5 Å². The highest BCUT2D eigenvalue weighted by Crippen LogP contribution is 2.39. The number of thiophene rings is 1. The summed E-state index contributed by atoms with van der Waals surface area (Å²) in [5.41, 5.74) is 1.97. The van der Waals surface area contributed by atoms with Crippen molar-refractivity contribution in [2.45, 2.75) is 89.7 Å². The molecule has 0 saturated heterocycles. The van der Waals surface area contributed by atoms with E-state index in [0.717, 1.165) is 49.0 Å². The molecule has 43 heavy (non-hydrogen) atoms. The molecular formula is C29H36N6O6S2. The minimum absolute atomic E-state index is 0.0575. The molecule has 0 bridgehead atoms. The van der Waals surface area contributed by atoms with Crippen LogP contribution in [0.15, 0.2) is 23.4 Å². The van der Waals surface area contributed by atoms with Crippen LogP contribution in [0.5, 0.6) is 0 Å². The van der Waals surface area contributed by atoms with Crippen LogP contribution in [-0.4, -0.2) is 49.3 Å². The van der Waals surface area contributed by atoms with Gasteiger partial charge in [0.2, 0.25) is 5.91 Å². The topological polar surface area (TPSA) is 158 Å². The van der Waals surface area contributed by atoms with Crippen LogP contribution in [-0.2, 0) is 35.5 Å². The lowest BCUT2D eigenvalue weighted by Gasteiger charge is -2.14. The summed E-state index contributed by atoms with van der Waals surface area (Å²) in [5, 5.41) is 26.1. The molecule has 0 aliphatic heterocycles. The number of nitrogens with zero attached hydrogens (tertiary/aromatic N) is 4. The van der Waals surface area contributed by atoms with Crippen LogP contribution in [0.1, 0.15) is 89.0 Å². The number of hydrogen-bond donors (Lipinski definition) is 2. The summed E-state index contributed by atoms with van der Waals surface area (Å²) in [5.74, 6) is -0.640. The molecule has 1 aromatic carbocycles. The Morgan fingerprint density at radius 3 is 2.70 bits per heavy atom. The average Bonchev–Trinajstić information content (AvgIpc) is 3.54. The van der Waals surface area contributed by atoms with E-state index < -0.39 is 22.0 Å². The summed E-state index contributed by atoms with van der Waals surface area (Å²) < 4.78 is 7.18. The monoisotopic (exact) mass is 628 g/mol. The number of carbonyl (C=O) groups excluding carboxylic acids is 3. The van der Waals surface area contributed by atoms with Crippen LogP contribution < -0.4 is 10.6 Å². The molecule has 1 aliphatic rings. The quantitative estimate of drug-likeness (QED) is 0.108. The molecule has 2 heterocycles. The van der Waals surface area contributed by atoms with Gasteiger partial charge in [-0.25, -0.2) is 4.79 Å². The Balaban J connectivity index is 1.47. The fraction of sp³-hybridized carbons (Fsp3) is 0.483. The van der Waals surface area contributed by atoms with Gasteiger partial charge in [-0.3, -0.25) is 19.7 Å². The van der Waals surface area contributed by atoms with Gasteiger partial charge >= 0.3 is 5.97 Å². The number of anilines is 1. The fourth-order valence-electron chi connectivity index (χ4n) is 4.78. The minimum Gasteiger partial charge on any atom is -0.462 e. The zero-order valence-electron chi connectivity index (χ0n) is 24.7. The van der Waals surface area contributed by atoms with Gasteiger partial charge in [0, 0.05) is 28.6 Å². The molecular weight excluding hydrogens is 592 g/mol. The lowest BCUT2D eigenvalue weighted by Crippen LogP contribution is -2.25. The van der Waals surface area contributed by atoms with Gasteiger partial charge in [-0.05, 0) is 64.5 Å². The van der Waals surface area contributed by atoms with Crippen molar-refractivity contribution in [3.05, 3.63) is 61.3 Å². The Hall–Kier alpha value is -3.78. The van der Waals surface area contributed by atoms with E-state index in [1.807, 2.05) is 4.57 Å². The Kier molecular flexibility index (Phi) is 10.9. The van der Waals surface area contributed by atoms with Crippen LogP contribution in [0, 0.1) is 17.0 Å². The summed E-state index contributed by atoms with van der Waals surface area (Å²) >= 11 is 2.69. The predicted octanol–water partition coefficient (Wildman–Crippen LogP) is 5.46. The van der Waals surface area contributed by atoms with Gasteiger partial charge in [-0.2, -0.15) is 0 Å². The number of unbranched alkanes of at least 4 members (excludes halogenated alkanes) is 1. The number of nitro benzene ring substituents is 1. The number of rotatable bonds is 13. The van der Waals surface area contributed by atoms with Crippen molar-refractivity contribution in [3.63, 3.8) is 0 Å². The van der Waals surface area contributed by atoms with E-state index in [-0.39, 0.29) is 30.3 Å². The fourth-order valence-corrected chi connectivity index (χ4v) is 6.96. The van der Waals surface area contributed by atoms with Crippen molar-refractivity contribution in [1.82, 2.24) is 20.1 Å². The standard InChI is InChI=1S/C29H36N6O6S2/c1-5-7-14-34-23(16-30-26(37)19-13-12-17(3)21(15-19)35(39)40)32-33-29(34)42-18(4)25(36)31-27-24(28(38)41-6-2)20-10-8-9-11-22(20)43-27/h12-13,15,18H,5-11,14,16H2,1-4H3,(H,30,37)(H,31,36)/t18-/m0/s1. The van der Waals surface area contributed by atoms with Crippen molar-refractivity contribution in [2.24, 2.45) is 0 Å². The van der Waals surface area contributed by atoms with Crippen molar-refractivity contribution in [1.29, 1.82) is 0 Å². The first kappa shape index (κ1) is 32.1. The maximum atomic E-state index is 13.3. The number of esters is 1. The molecule has 3 aromatic rings. The molecule has 230 valence electrons. The first-order valence-electron chi connectivity index (χ1n) is 14.4. The smallest absolute Gasteiger partial charge is 0.341 e. The normalized spacial score (nSPS) is 13.2. The molecule has 4 rings (SSSR count). The minimum atomic E-state index is -0.561. The van der Waals surface area contributed by atoms with E-state index in [0.29, 0.717) is 33.7 Å². The number of thioether (sulfide) groups is 1. The molecule has 0 saturated carbocycles. The highest BCUT2D eigenvalue weighted by atomic mass is 32.2. The Morgan fingerprint density at radius 1 is 1.21 bits per heavy atom. The first-order chi connectivity index (χ1) is 20.6. The number of hydrogen-bond acceptors (Lipinski definition) is 10. The van der Waals surface area contributed by atoms with E-state index >= 15 is 0 Å². The van der Waals surface area contributed by atoms with Crippen LogP contribution >= 0.6 is 23.1 Å². The molecule has 2 aromatic heterocycles. The molecule has 0 unspecified atom stereocenters. The number of nitro groups is 1. The summed E-state index contributed by atoms with van der Waals surface area (Å²) in [4.78, 5) is 50.8. The number of ether oxygens (including phenoxy) is 1. The van der Waals surface area contributed by atoms with Gasteiger partial charge in [0.15, 0.2) is 11.0 Å². The zero-order valence-corrected chi connectivity index (χ0v) is 26.4. The SMILES string of the molecule is CCCCn1c(CNC(=O)c2ccc(C)c([N+](=O)[O-])c2)nnc1S[C@@H](C)C(=O)Nc1sc2c(c1C(=O)OCC)CCCC2. The Morgan fingerprint density at radius 2 is 1.98 bits per heavy atom. The third-order valence-electron chi connectivity index (χ3n) is 7.14. The van der Waals surface area contributed by atoms with E-state index in [1.165, 1.54) is 29.2 Å². The number of benzene rings is 1. The summed E-state index contributed by atoms with van der Waals surface area (Å²) in [6, 6.07) is 4.34. The van der Waals surface area contributed by atoms with Crippen LogP contribution in [0.4, 0.5) is 10.7 Å². The molecule has 0 spiro atoms. The average molecular weight is 629 g/mol. The lowest BCUT2D eigenvalue weighted by molar-refractivity contribution is -0.385. The second-order valence-corrected chi connectivity index (χ2v) is 12.6. The summed E-state index contributed by atoms with van der Waals surface area (Å²) in [7, 11) is 0. The third kappa shape index (κ3) is 7.60. The lowest BCUT2D eigenvalue weighted by atomic mass is 9.95. The highest BCUT2D eigenvalue weighted by molar-refractivity contribution is 8.00. The van der Waals surface area contributed by atoms with Gasteiger partial charge in [0.25, 0.3) is 11.6 Å². The van der Waals surface area contributed by atoms with Crippen molar-refractivity contribution < 1.29 is 24.0 Å². The molecule has 1 atom stereocenters. The Bertz CT molecular complexity index is 1520. The predicted molar refractivity (Wildman–Crippen MR) is 165 cm³/mol. The molecule has 0 radical (unpaired) electrons. The number of carbonyl (C=O) groups is 3. The number of fused-ring (bicyclic) bond motifs is 1. The van der Waals surface area contributed by atoms with E-state index in [4.69, 9.17) is 4.74 Å². The largest absolute Gasteiger partial charge is 0.462 e. The number of aromatic nitrogens is 3. The summed E-state index contributed by atoms with van der Waals surface area (Å²) in [6.07, 6.45) is 5.47. The van der Waals surface area contributed by atoms with Gasteiger partial charge in [-0.1, -0.05) is 31.2 Å². The van der Waals surface area contributed by atoms with Gasteiger partial charge < -0.3 is 19.9 Å². The first-order valence-corrected chi connectivity index (χ1v) is 16.1. The molecule has 0 fully saturated rings. The molecule has 2 N–H and O–H groups in total. The van der Waals surface area contributed by atoms with E-state index in [9.17, 15) is 24.5 Å². The maximum Gasteiger partial charge on any atom is 0.341 e. The second-order valence-electron chi connectivity index (χ2n) is 10.2. The molecule has 2 amide bonds. The van der Waals surface area contributed by atoms with Crippen LogP contribution in [0.3, 0.4) is 0 Å². The van der Waals surface area contributed by atoms with Crippen LogP contribution in [0.25, 0.3) is 0 Å². The molecule has 12 nitrogen and oxygen atoms in total. The van der Waals surface area contributed by atoms with Crippen molar-refractivity contribution in [2.75, 3.05) is 11.9 Å². The maximum absolute atomic E-state index is 13.3. The second kappa shape index (κ2) is 14.6. The molecule has 14 heteroatoms.